The Bertz CT molecular complexity index is 925. The molecule has 3 aromatic heterocycles. The van der Waals surface area contributed by atoms with Crippen LogP contribution in [-0.4, -0.2) is 30.7 Å². The number of hydrogen-bond donors (Lipinski definition) is 1. The van der Waals surface area contributed by atoms with E-state index in [0.717, 1.165) is 28.4 Å². The molecule has 1 N–H and O–H groups in total. The maximum absolute atomic E-state index is 10.6. The summed E-state index contributed by atoms with van der Waals surface area (Å²) >= 11 is 1.74. The first-order valence-corrected chi connectivity index (χ1v) is 8.03. The van der Waals surface area contributed by atoms with Crippen molar-refractivity contribution in [3.05, 3.63) is 28.7 Å². The third-order valence-corrected chi connectivity index (χ3v) is 5.24. The molecule has 0 unspecified atom stereocenters. The number of fused-ring (bicyclic) bond motifs is 5. The van der Waals surface area contributed by atoms with Gasteiger partial charge >= 0.3 is 5.97 Å². The SMILES string of the molecule is C[C@H]1CCCc2sc3ncn4nc(/C=C/C(=O)O)nc4c3c21. The van der Waals surface area contributed by atoms with Crippen LogP contribution in [0.1, 0.15) is 41.9 Å². The van der Waals surface area contributed by atoms with Gasteiger partial charge in [0.2, 0.25) is 0 Å². The number of carboxylic acids is 1. The van der Waals surface area contributed by atoms with E-state index in [0.29, 0.717) is 11.7 Å². The second kappa shape index (κ2) is 4.88. The Balaban J connectivity index is 1.98. The standard InChI is InChI=1S/C15H14N4O2S/c1-8-3-2-4-9-12(8)13-14-17-10(5-6-11(20)21)18-19(14)7-16-15(13)22-9/h5-8H,2-4H2,1H3,(H,20,21)/b6-5+/t8-/m0/s1. The molecule has 0 saturated heterocycles. The van der Waals surface area contributed by atoms with Crippen LogP contribution in [0.2, 0.25) is 0 Å². The van der Waals surface area contributed by atoms with E-state index in [2.05, 4.69) is 22.0 Å². The average molecular weight is 314 g/mol. The van der Waals surface area contributed by atoms with Crippen molar-refractivity contribution in [3.63, 3.8) is 0 Å². The first-order valence-electron chi connectivity index (χ1n) is 7.21. The molecule has 1 aliphatic rings. The zero-order valence-corrected chi connectivity index (χ0v) is 12.8. The van der Waals surface area contributed by atoms with Crippen LogP contribution in [0.15, 0.2) is 12.4 Å². The molecular formula is C15H14N4O2S. The molecule has 3 aromatic rings. The summed E-state index contributed by atoms with van der Waals surface area (Å²) in [6.07, 6.45) is 7.60. The van der Waals surface area contributed by atoms with Gasteiger partial charge in [-0.05, 0) is 36.8 Å². The number of nitrogens with zero attached hydrogens (tertiary/aromatic N) is 4. The average Bonchev–Trinajstić information content (AvgIpc) is 3.05. The van der Waals surface area contributed by atoms with Crippen LogP contribution in [0.25, 0.3) is 21.9 Å². The maximum atomic E-state index is 10.6. The lowest BCUT2D eigenvalue weighted by atomic mass is 9.87. The molecule has 0 bridgehead atoms. The number of aromatic nitrogens is 4. The van der Waals surface area contributed by atoms with Gasteiger partial charge in [-0.1, -0.05) is 6.92 Å². The van der Waals surface area contributed by atoms with Gasteiger partial charge < -0.3 is 5.11 Å². The predicted octanol–water partition coefficient (Wildman–Crippen LogP) is 2.88. The molecule has 112 valence electrons. The van der Waals surface area contributed by atoms with Crippen LogP contribution >= 0.6 is 11.3 Å². The summed E-state index contributed by atoms with van der Waals surface area (Å²) in [6.45, 7) is 2.25. The van der Waals surface area contributed by atoms with E-state index in [-0.39, 0.29) is 0 Å². The monoisotopic (exact) mass is 314 g/mol. The number of aliphatic carboxylic acids is 1. The van der Waals surface area contributed by atoms with Gasteiger partial charge in [-0.15, -0.1) is 16.4 Å². The van der Waals surface area contributed by atoms with Crippen molar-refractivity contribution in [2.24, 2.45) is 0 Å². The lowest BCUT2D eigenvalue weighted by Gasteiger charge is -2.18. The van der Waals surface area contributed by atoms with Crippen molar-refractivity contribution in [2.75, 3.05) is 0 Å². The van der Waals surface area contributed by atoms with Crippen molar-refractivity contribution in [2.45, 2.75) is 32.1 Å². The molecule has 22 heavy (non-hydrogen) atoms. The molecular weight excluding hydrogens is 300 g/mol. The zero-order valence-electron chi connectivity index (χ0n) is 12.0. The smallest absolute Gasteiger partial charge is 0.328 e. The van der Waals surface area contributed by atoms with Crippen molar-refractivity contribution in [1.82, 2.24) is 19.6 Å². The van der Waals surface area contributed by atoms with E-state index >= 15 is 0 Å². The molecule has 1 atom stereocenters. The molecule has 0 radical (unpaired) electrons. The summed E-state index contributed by atoms with van der Waals surface area (Å²) in [7, 11) is 0. The highest BCUT2D eigenvalue weighted by molar-refractivity contribution is 7.19. The Morgan fingerprint density at radius 3 is 3.23 bits per heavy atom. The second-order valence-corrected chi connectivity index (χ2v) is 6.65. The fourth-order valence-corrected chi connectivity index (χ4v) is 4.41. The van der Waals surface area contributed by atoms with Crippen LogP contribution < -0.4 is 0 Å². The van der Waals surface area contributed by atoms with Crippen LogP contribution in [-0.2, 0) is 11.2 Å². The van der Waals surface area contributed by atoms with E-state index in [9.17, 15) is 4.79 Å². The zero-order chi connectivity index (χ0) is 15.3. The summed E-state index contributed by atoms with van der Waals surface area (Å²) in [4.78, 5) is 22.0. The van der Waals surface area contributed by atoms with Crippen molar-refractivity contribution in [1.29, 1.82) is 0 Å². The fraction of sp³-hybridized carbons (Fsp3) is 0.333. The number of hydrogen-bond acceptors (Lipinski definition) is 5. The Morgan fingerprint density at radius 2 is 2.41 bits per heavy atom. The first-order chi connectivity index (χ1) is 10.6. The Hall–Kier alpha value is -2.28. The van der Waals surface area contributed by atoms with Gasteiger partial charge in [-0.3, -0.25) is 0 Å². The molecule has 0 saturated carbocycles. The summed E-state index contributed by atoms with van der Waals surface area (Å²) in [5.41, 5.74) is 2.12. The highest BCUT2D eigenvalue weighted by Crippen LogP contribution is 2.42. The number of aryl methyl sites for hydroxylation is 1. The molecule has 0 amide bonds. The lowest BCUT2D eigenvalue weighted by molar-refractivity contribution is -0.131. The molecule has 0 aliphatic heterocycles. The van der Waals surface area contributed by atoms with Crippen molar-refractivity contribution >= 4 is 39.2 Å². The topological polar surface area (TPSA) is 80.4 Å². The fourth-order valence-electron chi connectivity index (χ4n) is 3.12. The van der Waals surface area contributed by atoms with Crippen LogP contribution in [0.4, 0.5) is 0 Å². The summed E-state index contributed by atoms with van der Waals surface area (Å²) in [5.74, 6) is -0.121. The third kappa shape index (κ3) is 2.00. The molecule has 1 aliphatic carbocycles. The minimum atomic E-state index is -1.01. The van der Waals surface area contributed by atoms with Gasteiger partial charge in [-0.25, -0.2) is 19.3 Å². The highest BCUT2D eigenvalue weighted by atomic mass is 32.1. The van der Waals surface area contributed by atoms with Crippen LogP contribution in [0.3, 0.4) is 0 Å². The van der Waals surface area contributed by atoms with E-state index in [1.165, 1.54) is 29.4 Å². The van der Waals surface area contributed by atoms with E-state index in [1.54, 1.807) is 22.2 Å². The molecule has 6 nitrogen and oxygen atoms in total. The van der Waals surface area contributed by atoms with E-state index in [1.807, 2.05) is 0 Å². The van der Waals surface area contributed by atoms with Crippen LogP contribution in [0, 0.1) is 0 Å². The number of rotatable bonds is 2. The van der Waals surface area contributed by atoms with E-state index in [4.69, 9.17) is 5.11 Å². The van der Waals surface area contributed by atoms with Gasteiger partial charge in [0.15, 0.2) is 11.5 Å². The summed E-state index contributed by atoms with van der Waals surface area (Å²) in [5, 5.41) is 14.1. The summed E-state index contributed by atoms with van der Waals surface area (Å²) < 4.78 is 1.64. The molecule has 0 spiro atoms. The molecule has 7 heteroatoms. The third-order valence-electron chi connectivity index (χ3n) is 4.07. The number of thiophene rings is 1. The minimum absolute atomic E-state index is 0.389. The highest BCUT2D eigenvalue weighted by Gasteiger charge is 2.25. The molecule has 4 rings (SSSR count). The molecule has 3 heterocycles. The predicted molar refractivity (Wildman–Crippen MR) is 84.2 cm³/mol. The van der Waals surface area contributed by atoms with Gasteiger partial charge in [0.1, 0.15) is 11.2 Å². The Labute approximate surface area is 130 Å². The van der Waals surface area contributed by atoms with Crippen LogP contribution in [0.5, 0.6) is 0 Å². The summed E-state index contributed by atoms with van der Waals surface area (Å²) in [6, 6.07) is 0. The van der Waals surface area contributed by atoms with Gasteiger partial charge in [0.25, 0.3) is 0 Å². The quantitative estimate of drug-likeness (QED) is 0.736. The van der Waals surface area contributed by atoms with Gasteiger partial charge in [0.05, 0.1) is 5.39 Å². The molecule has 0 aromatic carbocycles. The van der Waals surface area contributed by atoms with Crippen molar-refractivity contribution < 1.29 is 9.90 Å². The van der Waals surface area contributed by atoms with Gasteiger partial charge in [-0.2, -0.15) is 0 Å². The van der Waals surface area contributed by atoms with Crippen molar-refractivity contribution in [3.8, 4) is 0 Å². The lowest BCUT2D eigenvalue weighted by Crippen LogP contribution is -2.04. The molecule has 0 fully saturated rings. The minimum Gasteiger partial charge on any atom is -0.478 e. The number of carbonyl (C=O) groups is 1. The van der Waals surface area contributed by atoms with E-state index < -0.39 is 5.97 Å². The second-order valence-electron chi connectivity index (χ2n) is 5.57. The number of carboxylic acid groups (broad SMARTS) is 1. The first kappa shape index (κ1) is 13.4. The Kier molecular flexibility index (Phi) is 2.97. The Morgan fingerprint density at radius 1 is 1.55 bits per heavy atom. The largest absolute Gasteiger partial charge is 0.478 e. The maximum Gasteiger partial charge on any atom is 0.328 e. The normalized spacial score (nSPS) is 18.3. The van der Waals surface area contributed by atoms with Gasteiger partial charge in [0, 0.05) is 11.0 Å².